The molecular weight excluding hydrogens is 398 g/mol. The van der Waals surface area contributed by atoms with Gasteiger partial charge in [0.15, 0.2) is 17.7 Å². The van der Waals surface area contributed by atoms with Gasteiger partial charge in [-0.25, -0.2) is 9.98 Å². The van der Waals surface area contributed by atoms with Crippen LogP contribution in [-0.2, 0) is 9.47 Å². The monoisotopic (exact) mass is 437 g/mol. The van der Waals surface area contributed by atoms with E-state index >= 15 is 0 Å². The molecule has 0 aliphatic carbocycles. The summed E-state index contributed by atoms with van der Waals surface area (Å²) >= 11 is 0. The Morgan fingerprint density at radius 2 is 1.87 bits per heavy atom. The number of nitrogens with two attached hydrogens (primary N) is 1. The molecule has 3 aliphatic rings. The summed E-state index contributed by atoms with van der Waals surface area (Å²) in [6.07, 6.45) is 7.86. The third-order valence-corrected chi connectivity index (χ3v) is 6.27. The van der Waals surface area contributed by atoms with Crippen LogP contribution in [0.5, 0.6) is 0 Å². The van der Waals surface area contributed by atoms with Gasteiger partial charge in [0, 0.05) is 13.5 Å². The van der Waals surface area contributed by atoms with Gasteiger partial charge in [0.05, 0.1) is 6.61 Å². The molecule has 1 unspecified atom stereocenters. The van der Waals surface area contributed by atoms with E-state index in [1.54, 1.807) is 0 Å². The number of methoxy groups -OCH3 is 1. The van der Waals surface area contributed by atoms with Gasteiger partial charge in [0.25, 0.3) is 0 Å². The molecule has 0 aromatic carbocycles. The van der Waals surface area contributed by atoms with Crippen molar-refractivity contribution in [1.82, 2.24) is 4.90 Å². The van der Waals surface area contributed by atoms with Crippen molar-refractivity contribution in [1.29, 1.82) is 0 Å². The molecule has 5 atom stereocenters. The zero-order valence-corrected chi connectivity index (χ0v) is 19.2. The van der Waals surface area contributed by atoms with Crippen LogP contribution in [0.4, 0.5) is 0 Å². The van der Waals surface area contributed by atoms with E-state index in [-0.39, 0.29) is 6.61 Å². The Hall–Kier alpha value is -1.39. The fraction of sp³-hybridized carbons (Fsp3) is 0.864. The molecule has 31 heavy (non-hydrogen) atoms. The minimum Gasteiger partial charge on any atom is -0.394 e. The first-order valence-electron chi connectivity index (χ1n) is 11.7. The number of rotatable bonds is 12. The topological polar surface area (TPSA) is 125 Å². The lowest BCUT2D eigenvalue weighted by Crippen LogP contribution is -2.55. The van der Waals surface area contributed by atoms with Gasteiger partial charge in [0.2, 0.25) is 0 Å². The normalized spacial score (nSPS) is 32.7. The standard InChI is InChI=1S/C22H39N5O4/c1-4-5-6-7-8-9-10-11-12-16-25-20-19(22(2,23)26-16)24-14-27(20)21-18(30-3)17(29)15(13-28)31-21/h15,17-18,21,28-29H,4-14,23H2,1-3H3/t15-,17-,18-,21-,22?/m1/s1. The van der Waals surface area contributed by atoms with Gasteiger partial charge >= 0.3 is 0 Å². The Morgan fingerprint density at radius 1 is 1.19 bits per heavy atom. The lowest BCUT2D eigenvalue weighted by atomic mass is 10.0. The highest BCUT2D eigenvalue weighted by molar-refractivity contribution is 6.48. The molecule has 0 spiro atoms. The summed E-state index contributed by atoms with van der Waals surface area (Å²) in [5.41, 5.74) is 6.14. The largest absolute Gasteiger partial charge is 0.394 e. The summed E-state index contributed by atoms with van der Waals surface area (Å²) in [6.45, 7) is 4.09. The maximum Gasteiger partial charge on any atom is 0.162 e. The highest BCUT2D eigenvalue weighted by Gasteiger charge is 2.51. The number of aliphatic hydroxyl groups is 2. The fourth-order valence-corrected chi connectivity index (χ4v) is 4.50. The number of nitrogens with zero attached hydrogens (tertiary/aromatic N) is 4. The van der Waals surface area contributed by atoms with Gasteiger partial charge < -0.3 is 30.3 Å². The first-order chi connectivity index (χ1) is 14.9. The zero-order chi connectivity index (χ0) is 22.4. The number of hydrogen-bond donors (Lipinski definition) is 3. The van der Waals surface area contributed by atoms with Crippen LogP contribution in [0.15, 0.2) is 15.0 Å². The summed E-state index contributed by atoms with van der Waals surface area (Å²) < 4.78 is 11.4. The average molecular weight is 438 g/mol. The molecule has 1 fully saturated rings. The van der Waals surface area contributed by atoms with E-state index in [0.29, 0.717) is 18.2 Å². The lowest BCUT2D eigenvalue weighted by molar-refractivity contribution is -0.0765. The Balaban J connectivity index is 1.61. The van der Waals surface area contributed by atoms with Crippen LogP contribution in [0.25, 0.3) is 0 Å². The molecule has 0 aromatic heterocycles. The summed E-state index contributed by atoms with van der Waals surface area (Å²) in [5, 5.41) is 19.9. The van der Waals surface area contributed by atoms with Crippen molar-refractivity contribution in [3.63, 3.8) is 0 Å². The Labute approximate surface area is 185 Å². The molecule has 1 saturated heterocycles. The summed E-state index contributed by atoms with van der Waals surface area (Å²) in [6, 6.07) is 0. The quantitative estimate of drug-likeness (QED) is 0.400. The van der Waals surface area contributed by atoms with E-state index in [4.69, 9.17) is 20.2 Å². The van der Waals surface area contributed by atoms with Crippen molar-refractivity contribution >= 4 is 17.4 Å². The number of fused-ring (bicyclic) bond motifs is 1. The third kappa shape index (κ3) is 5.51. The van der Waals surface area contributed by atoms with Crippen molar-refractivity contribution in [3.05, 3.63) is 0 Å². The van der Waals surface area contributed by atoms with Crippen LogP contribution < -0.4 is 5.73 Å². The highest BCUT2D eigenvalue weighted by atomic mass is 16.6. The molecular formula is C22H39N5O4. The average Bonchev–Trinajstić information content (AvgIpc) is 3.30. The minimum atomic E-state index is -0.947. The molecule has 0 bridgehead atoms. The van der Waals surface area contributed by atoms with Gasteiger partial charge in [-0.3, -0.25) is 4.99 Å². The number of amidine groups is 2. The van der Waals surface area contributed by atoms with Crippen molar-refractivity contribution in [2.45, 2.75) is 102 Å². The van der Waals surface area contributed by atoms with E-state index in [1.807, 2.05) is 11.8 Å². The van der Waals surface area contributed by atoms with Crippen molar-refractivity contribution in [2.75, 3.05) is 20.4 Å². The van der Waals surface area contributed by atoms with Crippen LogP contribution in [0.1, 0.15) is 71.6 Å². The first kappa shape index (κ1) is 24.3. The second kappa shape index (κ2) is 11.0. The fourth-order valence-electron chi connectivity index (χ4n) is 4.50. The predicted octanol–water partition coefficient (Wildman–Crippen LogP) is 1.81. The van der Waals surface area contributed by atoms with Crippen LogP contribution in [0.3, 0.4) is 0 Å². The van der Waals surface area contributed by atoms with Crippen molar-refractivity contribution < 1.29 is 19.7 Å². The molecule has 9 heteroatoms. The van der Waals surface area contributed by atoms with Gasteiger partial charge in [0.1, 0.15) is 36.5 Å². The molecule has 4 N–H and O–H groups in total. The van der Waals surface area contributed by atoms with E-state index in [2.05, 4.69) is 16.9 Å². The zero-order valence-electron chi connectivity index (χ0n) is 19.2. The van der Waals surface area contributed by atoms with Gasteiger partial charge in [-0.1, -0.05) is 51.9 Å². The number of ether oxygens (including phenoxy) is 2. The van der Waals surface area contributed by atoms with Crippen LogP contribution in [0, 0.1) is 0 Å². The predicted molar refractivity (Wildman–Crippen MR) is 121 cm³/mol. The second-order valence-corrected chi connectivity index (χ2v) is 8.89. The molecule has 3 rings (SSSR count). The van der Waals surface area contributed by atoms with E-state index in [9.17, 15) is 10.2 Å². The maximum absolute atomic E-state index is 10.4. The van der Waals surface area contributed by atoms with Crippen LogP contribution in [0.2, 0.25) is 0 Å². The molecule has 176 valence electrons. The summed E-state index contributed by atoms with van der Waals surface area (Å²) in [5.74, 6) is 1.36. The number of hydrogen-bond acceptors (Lipinski definition) is 9. The molecule has 3 heterocycles. The van der Waals surface area contributed by atoms with Crippen LogP contribution in [-0.4, -0.2) is 83.1 Å². The molecule has 9 nitrogen and oxygen atoms in total. The van der Waals surface area contributed by atoms with Crippen LogP contribution >= 0.6 is 0 Å². The number of unbranched alkanes of at least 4 members (excludes halogenated alkanes) is 7. The molecule has 0 aromatic rings. The SMILES string of the molecule is CCCCCCCCCCC1=NC(C)(N)C2=NCN([C@@H]3O[C@H](CO)[C@@H](O)[C@H]3OC)C2=N1. The Bertz CT molecular complexity index is 693. The van der Waals surface area contributed by atoms with Gasteiger partial charge in [-0.05, 0) is 13.3 Å². The molecule has 0 amide bonds. The van der Waals surface area contributed by atoms with E-state index in [1.165, 1.54) is 45.6 Å². The first-order valence-corrected chi connectivity index (χ1v) is 11.7. The minimum absolute atomic E-state index is 0.286. The second-order valence-electron chi connectivity index (χ2n) is 8.89. The Kier molecular flexibility index (Phi) is 8.58. The van der Waals surface area contributed by atoms with Gasteiger partial charge in [-0.2, -0.15) is 0 Å². The highest BCUT2D eigenvalue weighted by Crippen LogP contribution is 2.31. The van der Waals surface area contributed by atoms with Gasteiger partial charge in [-0.15, -0.1) is 0 Å². The Morgan fingerprint density at radius 3 is 2.52 bits per heavy atom. The lowest BCUT2D eigenvalue weighted by Gasteiger charge is -2.33. The molecule has 0 saturated carbocycles. The number of aliphatic imine (C=N–C) groups is 3. The third-order valence-electron chi connectivity index (χ3n) is 6.27. The van der Waals surface area contributed by atoms with Crippen molar-refractivity contribution in [2.24, 2.45) is 20.7 Å². The molecule has 0 radical (unpaired) electrons. The summed E-state index contributed by atoms with van der Waals surface area (Å²) in [4.78, 5) is 15.8. The summed E-state index contributed by atoms with van der Waals surface area (Å²) in [7, 11) is 1.52. The smallest absolute Gasteiger partial charge is 0.162 e. The molecule has 3 aliphatic heterocycles. The maximum atomic E-state index is 10.4. The van der Waals surface area contributed by atoms with E-state index < -0.39 is 30.2 Å². The number of aliphatic hydroxyl groups excluding tert-OH is 2. The van der Waals surface area contributed by atoms with Crippen molar-refractivity contribution in [3.8, 4) is 0 Å². The van der Waals surface area contributed by atoms with E-state index in [0.717, 1.165) is 25.1 Å².